The Labute approximate surface area is 405 Å². The van der Waals surface area contributed by atoms with Gasteiger partial charge in [0.05, 0.1) is 34.9 Å². The molecule has 5 heterocycles. The number of hydrogen-bond acceptors (Lipinski definition) is 6. The lowest BCUT2D eigenvalue weighted by Gasteiger charge is -2.15. The number of thioether (sulfide) groups is 1. The Balaban J connectivity index is 1.33. The van der Waals surface area contributed by atoms with E-state index in [-0.39, 0.29) is 11.1 Å². The number of nitrogens with zero attached hydrogens (tertiary/aromatic N) is 2. The zero-order valence-corrected chi connectivity index (χ0v) is 41.9. The van der Waals surface area contributed by atoms with Crippen LogP contribution in [0.2, 0.25) is 25.7 Å². The second-order valence-electron chi connectivity index (χ2n) is 17.0. The largest absolute Gasteiger partial charge is 0.462 e. The van der Waals surface area contributed by atoms with Gasteiger partial charge in [0.15, 0.2) is 5.12 Å². The third kappa shape index (κ3) is 9.68. The molecule has 2 N–H and O–H groups in total. The zero-order chi connectivity index (χ0) is 44.5. The zero-order valence-electron chi connectivity index (χ0n) is 35.8. The number of nitrogens with one attached hydrogen (secondary N) is 2. The van der Waals surface area contributed by atoms with Crippen molar-refractivity contribution in [2.45, 2.75) is 38.4 Å². The molecule has 2 aliphatic rings. The van der Waals surface area contributed by atoms with Crippen LogP contribution in [0.5, 0.6) is 0 Å². The van der Waals surface area contributed by atoms with Crippen LogP contribution < -0.4 is 0 Å². The number of fused-ring (bicyclic) bond motifs is 8. The van der Waals surface area contributed by atoms with Crippen molar-refractivity contribution in [3.63, 3.8) is 0 Å². The lowest BCUT2D eigenvalue weighted by molar-refractivity contribution is -0.109. The Morgan fingerprint density at radius 2 is 1.03 bits per heavy atom. The molecule has 0 saturated carbocycles. The van der Waals surface area contributed by atoms with Crippen LogP contribution in [0.4, 0.5) is 0 Å². The molecular formula is C53H44I2N4O3SSi. The van der Waals surface area contributed by atoms with E-state index in [1.54, 1.807) is 6.92 Å². The van der Waals surface area contributed by atoms with Crippen LogP contribution in [0.15, 0.2) is 121 Å². The Morgan fingerprint density at radius 3 is 1.50 bits per heavy atom. The van der Waals surface area contributed by atoms with Crippen molar-refractivity contribution in [3.05, 3.63) is 162 Å². The molecule has 7 nitrogen and oxygen atoms in total. The molecule has 0 radical (unpaired) electrons. The first-order valence-corrected chi connectivity index (χ1v) is 27.9. The summed E-state index contributed by atoms with van der Waals surface area (Å²) in [6, 6.07) is 42.5. The minimum atomic E-state index is -1.35. The van der Waals surface area contributed by atoms with Crippen LogP contribution in [0.25, 0.3) is 90.9 Å². The fraction of sp³-hybridized carbons (Fsp3) is 0.132. The van der Waals surface area contributed by atoms with Crippen LogP contribution in [0.3, 0.4) is 0 Å². The predicted octanol–water partition coefficient (Wildman–Crippen LogP) is 14.8. The third-order valence-corrected chi connectivity index (χ3v) is 15.1. The number of carbonyl (C=O) groups is 2. The second kappa shape index (κ2) is 18.6. The number of esters is 1. The van der Waals surface area contributed by atoms with E-state index in [0.29, 0.717) is 17.9 Å². The quantitative estimate of drug-likeness (QED) is 0.0804. The van der Waals surface area contributed by atoms with Gasteiger partial charge in [-0.1, -0.05) is 92.1 Å². The minimum Gasteiger partial charge on any atom is -0.462 e. The van der Waals surface area contributed by atoms with Gasteiger partial charge in [0.2, 0.25) is 0 Å². The van der Waals surface area contributed by atoms with Gasteiger partial charge in [-0.2, -0.15) is 0 Å². The molecule has 0 saturated heterocycles. The third-order valence-electron chi connectivity index (χ3n) is 11.2. The van der Waals surface area contributed by atoms with Crippen molar-refractivity contribution in [2.75, 3.05) is 6.61 Å². The van der Waals surface area contributed by atoms with Gasteiger partial charge in [-0.3, -0.25) is 4.79 Å². The summed E-state index contributed by atoms with van der Waals surface area (Å²) in [4.78, 5) is 43.5. The van der Waals surface area contributed by atoms with Crippen molar-refractivity contribution < 1.29 is 14.3 Å². The van der Waals surface area contributed by atoms with E-state index in [4.69, 9.17) is 14.7 Å². The van der Waals surface area contributed by atoms with Crippen molar-refractivity contribution in [1.82, 2.24) is 19.9 Å². The number of halogens is 2. The average molecular weight is 1100 g/mol. The van der Waals surface area contributed by atoms with Gasteiger partial charge in [0.25, 0.3) is 0 Å². The van der Waals surface area contributed by atoms with E-state index in [1.165, 1.54) is 11.8 Å². The van der Waals surface area contributed by atoms with Crippen molar-refractivity contribution >= 4 is 122 Å². The van der Waals surface area contributed by atoms with E-state index in [2.05, 4.69) is 196 Å². The summed E-state index contributed by atoms with van der Waals surface area (Å²) in [7, 11) is -1.35. The Hall–Kier alpha value is -5.35. The highest BCUT2D eigenvalue weighted by atomic mass is 127. The summed E-state index contributed by atoms with van der Waals surface area (Å²) >= 11 is 6.04. The van der Waals surface area contributed by atoms with Gasteiger partial charge in [0.1, 0.15) is 0 Å². The number of aromatic nitrogens is 4. The Morgan fingerprint density at radius 1 is 0.578 bits per heavy atom. The maximum absolute atomic E-state index is 13.2. The molecule has 0 amide bonds. The molecule has 0 fully saturated rings. The fourth-order valence-electron chi connectivity index (χ4n) is 7.97. The van der Waals surface area contributed by atoms with E-state index in [9.17, 15) is 9.59 Å². The summed E-state index contributed by atoms with van der Waals surface area (Å²) in [6.07, 6.45) is 8.36. The number of ether oxygens (including phenoxy) is 1. The standard InChI is InChI=1S/C53H44I2N4O3SSi/c1-32(60)63-31-33-11-13-34(14-12-33)49-41-19-23-45(56-41)51(37-7-5-9-39(54)29-37)47-25-21-43(58-47)50(35-15-17-36(18-16-35)53(61)62-27-28-64(2,3)4)44-22-26-48(59-44)52(46-24-20-42(49)57-46)38-8-6-10-40(55)30-38/h5-26,29-30,58-59H,27-28,31H2,1-4H3. The van der Waals surface area contributed by atoms with Gasteiger partial charge >= 0.3 is 5.97 Å². The lowest BCUT2D eigenvalue weighted by atomic mass is 10.0. The number of H-pyrrole nitrogens is 2. The highest BCUT2D eigenvalue weighted by molar-refractivity contribution is 14.1. The molecule has 2 aliphatic heterocycles. The number of benzene rings is 4. The highest BCUT2D eigenvalue weighted by Gasteiger charge is 2.21. The van der Waals surface area contributed by atoms with E-state index in [1.807, 2.05) is 24.3 Å². The molecule has 318 valence electrons. The molecule has 11 heteroatoms. The highest BCUT2D eigenvalue weighted by Crippen LogP contribution is 2.39. The number of rotatable bonds is 10. The van der Waals surface area contributed by atoms with Crippen molar-refractivity contribution in [1.29, 1.82) is 0 Å². The molecule has 0 unspecified atom stereocenters. The molecule has 0 spiro atoms. The maximum atomic E-state index is 13.2. The first-order chi connectivity index (χ1) is 30.9. The molecule has 4 aromatic carbocycles. The summed E-state index contributed by atoms with van der Waals surface area (Å²) in [5.41, 5.74) is 16.2. The summed E-state index contributed by atoms with van der Waals surface area (Å²) in [5, 5.41) is 0.0940. The number of aromatic amines is 2. The Kier molecular flexibility index (Phi) is 12.8. The fourth-order valence-corrected chi connectivity index (χ4v) is 10.3. The summed E-state index contributed by atoms with van der Waals surface area (Å²) in [5.74, 6) is 0.300. The van der Waals surface area contributed by atoms with E-state index >= 15 is 0 Å². The van der Waals surface area contributed by atoms with Gasteiger partial charge in [-0.15, -0.1) is 0 Å². The minimum absolute atomic E-state index is 0.0940. The molecular weight excluding hydrogens is 1050 g/mol. The topological polar surface area (TPSA) is 101 Å². The molecule has 0 atom stereocenters. The maximum Gasteiger partial charge on any atom is 0.338 e. The first-order valence-electron chi connectivity index (χ1n) is 21.1. The first kappa shape index (κ1) is 43.9. The van der Waals surface area contributed by atoms with Crippen molar-refractivity contribution in [2.24, 2.45) is 0 Å². The summed E-state index contributed by atoms with van der Waals surface area (Å²) in [6.45, 7) is 8.86. The van der Waals surface area contributed by atoms with Crippen LogP contribution >= 0.6 is 56.9 Å². The van der Waals surface area contributed by atoms with Gasteiger partial charge in [-0.05, 0) is 164 Å². The molecule has 64 heavy (non-hydrogen) atoms. The normalized spacial score (nSPS) is 12.2. The monoisotopic (exact) mass is 1100 g/mol. The number of carbonyl (C=O) groups excluding carboxylic acids is 2. The van der Waals surface area contributed by atoms with Gasteiger partial charge < -0.3 is 14.7 Å². The van der Waals surface area contributed by atoms with E-state index < -0.39 is 8.07 Å². The van der Waals surface area contributed by atoms with Crippen LogP contribution in [0, 0.1) is 7.14 Å². The molecule has 0 aliphatic carbocycles. The summed E-state index contributed by atoms with van der Waals surface area (Å²) < 4.78 is 7.94. The molecule has 3 aromatic heterocycles. The smallest absolute Gasteiger partial charge is 0.338 e. The predicted molar refractivity (Wildman–Crippen MR) is 286 cm³/mol. The van der Waals surface area contributed by atoms with Crippen LogP contribution in [-0.4, -0.2) is 45.7 Å². The lowest BCUT2D eigenvalue weighted by Crippen LogP contribution is -2.22. The van der Waals surface area contributed by atoms with Gasteiger partial charge in [-0.25, -0.2) is 14.8 Å². The second-order valence-corrected chi connectivity index (χ2v) is 26.3. The van der Waals surface area contributed by atoms with Crippen LogP contribution in [0.1, 0.15) is 45.6 Å². The Bertz CT molecular complexity index is 3060. The molecule has 7 aromatic rings. The SMILES string of the molecule is CC(=O)SCc1ccc(-c2c3nc(c(-c4cccc(I)c4)c4ccc([nH]4)c(-c4ccc(C(=O)OCC[Si](C)(C)C)cc4)c4ccc([nH]4)c(-c4cccc(I)c4)c4nc2C=C4)C=C3)cc1. The molecule has 9 rings (SSSR count). The van der Waals surface area contributed by atoms with E-state index in [0.717, 1.165) is 108 Å². The molecule has 8 bridgehead atoms. The average Bonchev–Trinajstić information content (AvgIpc) is 4.11. The van der Waals surface area contributed by atoms with Crippen LogP contribution in [-0.2, 0) is 15.3 Å². The van der Waals surface area contributed by atoms with Crippen molar-refractivity contribution in [3.8, 4) is 44.5 Å². The number of hydrogen-bond donors (Lipinski definition) is 2. The van der Waals surface area contributed by atoms with Gasteiger partial charge in [0, 0.05) is 72.2 Å².